The molecule has 2 N–H and O–H groups in total. The molecule has 252 valence electrons. The van der Waals surface area contributed by atoms with Crippen LogP contribution < -0.4 is 21.6 Å². The molecular weight excluding hydrogens is 600 g/mol. The maximum Gasteiger partial charge on any atom is 0.330 e. The number of H-pyrrole nitrogens is 1. The monoisotopic (exact) mass is 652 g/mol. The first-order valence-corrected chi connectivity index (χ1v) is 18.5. The van der Waals surface area contributed by atoms with Crippen molar-refractivity contribution in [3.63, 3.8) is 0 Å². The highest BCUT2D eigenvalue weighted by Crippen LogP contribution is 2.43. The lowest BCUT2D eigenvalue weighted by Gasteiger charge is -2.44. The number of aromatic amines is 1. The molecule has 1 saturated heterocycles. The van der Waals surface area contributed by atoms with Gasteiger partial charge in [0.05, 0.1) is 6.61 Å². The van der Waals surface area contributed by atoms with Crippen molar-refractivity contribution in [2.75, 3.05) is 26.4 Å². The second-order valence-corrected chi connectivity index (χ2v) is 17.7. The third-order valence-corrected chi connectivity index (χ3v) is 14.0. The lowest BCUT2D eigenvalue weighted by molar-refractivity contribution is -0.159. The molecule has 2 aromatic carbocycles. The molecule has 0 radical (unpaired) electrons. The second kappa shape index (κ2) is 15.8. The minimum absolute atomic E-state index is 0.151. The summed E-state index contributed by atoms with van der Waals surface area (Å²) in [5.74, 6) is 0. The zero-order chi connectivity index (χ0) is 33.4. The van der Waals surface area contributed by atoms with Crippen molar-refractivity contribution in [2.45, 2.75) is 103 Å². The largest absolute Gasteiger partial charge is 0.407 e. The molecule has 0 amide bonds. The Morgan fingerprint density at radius 3 is 2.09 bits per heavy atom. The highest BCUT2D eigenvalue weighted by Gasteiger charge is 2.57. The van der Waals surface area contributed by atoms with E-state index in [2.05, 4.69) is 88.1 Å². The maximum absolute atomic E-state index is 13.0. The lowest BCUT2D eigenvalue weighted by Crippen LogP contribution is -2.67. The molecule has 2 heterocycles. The molecule has 9 nitrogen and oxygen atoms in total. The quantitative estimate of drug-likeness (QED) is 0.174. The molecule has 1 aliphatic heterocycles. The van der Waals surface area contributed by atoms with Crippen molar-refractivity contribution in [1.29, 1.82) is 0 Å². The first-order valence-electron chi connectivity index (χ1n) is 16.6. The Labute approximate surface area is 274 Å². The standard InChI is InChI=1S/C36H52N2O7Si/c1-7-9-22-42-26-36(31(43-23-10-8-2)30(39)33(45-36)38-25-27(3)32(40)37-34(38)41)21-24-44-46(35(4,5)6,28-17-13-11-14-18-28)29-19-15-12-16-20-29/h11-20,25,30-31,33,39H,7-10,21-24,26H2,1-6H3,(H,37,40,41)/t30-,31?,33-,36-/m1/s1. The van der Waals surface area contributed by atoms with Crippen LogP contribution in [0.5, 0.6) is 0 Å². The zero-order valence-electron chi connectivity index (χ0n) is 28.3. The number of nitrogens with one attached hydrogen (secondary N) is 1. The fourth-order valence-corrected chi connectivity index (χ4v) is 11.0. The van der Waals surface area contributed by atoms with Crippen molar-refractivity contribution in [3.8, 4) is 0 Å². The van der Waals surface area contributed by atoms with Gasteiger partial charge in [-0.25, -0.2) is 4.79 Å². The number of unbranched alkanes of at least 4 members (excludes halogenated alkanes) is 2. The summed E-state index contributed by atoms with van der Waals surface area (Å²) in [4.78, 5) is 27.5. The predicted molar refractivity (Wildman–Crippen MR) is 183 cm³/mol. The third-order valence-electron chi connectivity index (χ3n) is 8.94. The molecular formula is C36H52N2O7Si. The molecule has 1 unspecified atom stereocenters. The average Bonchev–Trinajstić information content (AvgIpc) is 3.30. The highest BCUT2D eigenvalue weighted by atomic mass is 28.4. The molecule has 1 fully saturated rings. The molecule has 4 rings (SSSR count). The Morgan fingerprint density at radius 2 is 1.52 bits per heavy atom. The molecule has 1 aromatic heterocycles. The van der Waals surface area contributed by atoms with Crippen LogP contribution in [0.25, 0.3) is 0 Å². The summed E-state index contributed by atoms with van der Waals surface area (Å²) < 4.78 is 27.9. The maximum atomic E-state index is 13.0. The summed E-state index contributed by atoms with van der Waals surface area (Å²) in [6.07, 6.45) is 2.28. The van der Waals surface area contributed by atoms with Gasteiger partial charge in [-0.15, -0.1) is 0 Å². The number of aryl methyl sites for hydroxylation is 1. The van der Waals surface area contributed by atoms with Crippen LogP contribution in [-0.4, -0.2) is 67.2 Å². The summed E-state index contributed by atoms with van der Waals surface area (Å²) in [5.41, 5.74) is -1.92. The number of hydrogen-bond acceptors (Lipinski definition) is 7. The van der Waals surface area contributed by atoms with E-state index in [0.29, 0.717) is 31.8 Å². The minimum atomic E-state index is -2.87. The van der Waals surface area contributed by atoms with Crippen molar-refractivity contribution < 1.29 is 23.7 Å². The summed E-state index contributed by atoms with van der Waals surface area (Å²) in [6.45, 7) is 13.9. The van der Waals surface area contributed by atoms with Crippen molar-refractivity contribution in [1.82, 2.24) is 9.55 Å². The molecule has 1 aliphatic rings. The number of aromatic nitrogens is 2. The van der Waals surface area contributed by atoms with E-state index in [1.807, 2.05) is 12.1 Å². The van der Waals surface area contributed by atoms with Crippen LogP contribution in [-0.2, 0) is 18.6 Å². The van der Waals surface area contributed by atoms with Crippen LogP contribution in [0.4, 0.5) is 0 Å². The normalized spacial score (nSPS) is 21.9. The van der Waals surface area contributed by atoms with Gasteiger partial charge in [-0.05, 0) is 35.2 Å². The Hall–Kier alpha value is -2.86. The summed E-state index contributed by atoms with van der Waals surface area (Å²) in [5, 5.41) is 13.9. The number of aliphatic hydroxyl groups excluding tert-OH is 1. The molecule has 0 bridgehead atoms. The predicted octanol–water partition coefficient (Wildman–Crippen LogP) is 4.44. The Balaban J connectivity index is 1.76. The highest BCUT2D eigenvalue weighted by molar-refractivity contribution is 6.99. The van der Waals surface area contributed by atoms with Crippen LogP contribution in [0.3, 0.4) is 0 Å². The first kappa shape index (κ1) is 36.0. The SMILES string of the molecule is CCCCOC[C@@]1(CCO[Si](c2ccccc2)(c2ccccc2)C(C)(C)C)O[C@@H](n2cc(C)c(=O)[nH]c2=O)[C@H](O)C1OCCCC. The van der Waals surface area contributed by atoms with Crippen LogP contribution in [0.1, 0.15) is 78.5 Å². The van der Waals surface area contributed by atoms with Crippen molar-refractivity contribution in [3.05, 3.63) is 93.3 Å². The summed E-state index contributed by atoms with van der Waals surface area (Å²) in [7, 11) is -2.87. The summed E-state index contributed by atoms with van der Waals surface area (Å²) >= 11 is 0. The van der Waals surface area contributed by atoms with Crippen LogP contribution >= 0.6 is 0 Å². The van der Waals surface area contributed by atoms with Gasteiger partial charge in [-0.3, -0.25) is 14.3 Å². The molecule has 0 spiro atoms. The van der Waals surface area contributed by atoms with Gasteiger partial charge in [0.1, 0.15) is 17.8 Å². The van der Waals surface area contributed by atoms with E-state index in [4.69, 9.17) is 18.6 Å². The average molecular weight is 653 g/mol. The van der Waals surface area contributed by atoms with Gasteiger partial charge in [0.15, 0.2) is 6.23 Å². The van der Waals surface area contributed by atoms with Crippen LogP contribution in [0.15, 0.2) is 76.4 Å². The molecule has 3 aromatic rings. The fourth-order valence-electron chi connectivity index (χ4n) is 6.46. The lowest BCUT2D eigenvalue weighted by atomic mass is 9.92. The van der Waals surface area contributed by atoms with Gasteiger partial charge in [0, 0.05) is 38.0 Å². The Kier molecular flexibility index (Phi) is 12.4. The fraction of sp³-hybridized carbons (Fsp3) is 0.556. The van der Waals surface area contributed by atoms with Gasteiger partial charge < -0.3 is 23.7 Å². The van der Waals surface area contributed by atoms with Crippen molar-refractivity contribution in [2.24, 2.45) is 0 Å². The van der Waals surface area contributed by atoms with E-state index < -0.39 is 43.6 Å². The van der Waals surface area contributed by atoms with E-state index >= 15 is 0 Å². The number of aliphatic hydroxyl groups is 1. The first-order chi connectivity index (χ1) is 22.0. The van der Waals surface area contributed by atoms with Gasteiger partial charge in [0.25, 0.3) is 13.9 Å². The number of hydrogen-bond donors (Lipinski definition) is 2. The van der Waals surface area contributed by atoms with E-state index in [9.17, 15) is 14.7 Å². The van der Waals surface area contributed by atoms with Gasteiger partial charge in [-0.1, -0.05) is 108 Å². The van der Waals surface area contributed by atoms with Crippen LogP contribution in [0.2, 0.25) is 5.04 Å². The van der Waals surface area contributed by atoms with Gasteiger partial charge in [0.2, 0.25) is 0 Å². The smallest absolute Gasteiger partial charge is 0.330 e. The molecule has 0 aliphatic carbocycles. The zero-order valence-corrected chi connectivity index (χ0v) is 29.3. The van der Waals surface area contributed by atoms with Gasteiger partial charge in [-0.2, -0.15) is 0 Å². The van der Waals surface area contributed by atoms with Gasteiger partial charge >= 0.3 is 5.69 Å². The minimum Gasteiger partial charge on any atom is -0.407 e. The molecule has 46 heavy (non-hydrogen) atoms. The molecule has 4 atom stereocenters. The number of nitrogens with zero attached hydrogens (tertiary/aromatic N) is 1. The van der Waals surface area contributed by atoms with Crippen molar-refractivity contribution >= 4 is 18.7 Å². The van der Waals surface area contributed by atoms with E-state index in [1.165, 1.54) is 21.1 Å². The Bertz CT molecular complexity index is 1450. The Morgan fingerprint density at radius 1 is 0.935 bits per heavy atom. The second-order valence-electron chi connectivity index (χ2n) is 13.4. The van der Waals surface area contributed by atoms with E-state index in [1.54, 1.807) is 6.92 Å². The molecule has 0 saturated carbocycles. The number of ether oxygens (including phenoxy) is 3. The number of rotatable bonds is 16. The summed E-state index contributed by atoms with van der Waals surface area (Å²) in [6, 6.07) is 20.9. The topological polar surface area (TPSA) is 112 Å². The van der Waals surface area contributed by atoms with E-state index in [0.717, 1.165) is 25.7 Å². The third kappa shape index (κ3) is 7.64. The number of benzene rings is 2. The van der Waals surface area contributed by atoms with E-state index in [-0.39, 0.29) is 11.6 Å². The van der Waals surface area contributed by atoms with Crippen LogP contribution in [0, 0.1) is 6.92 Å². The molecule has 10 heteroatoms.